The van der Waals surface area contributed by atoms with E-state index in [0.29, 0.717) is 32.3 Å². The summed E-state index contributed by atoms with van der Waals surface area (Å²) in [5, 5.41) is 0. The highest BCUT2D eigenvalue weighted by molar-refractivity contribution is 7.82. The van der Waals surface area contributed by atoms with Crippen molar-refractivity contribution in [2.45, 2.75) is 238 Å². The van der Waals surface area contributed by atoms with E-state index < -0.39 is 192 Å². The lowest BCUT2D eigenvalue weighted by Gasteiger charge is -2.70. The third-order valence-electron chi connectivity index (χ3n) is 21.2. The van der Waals surface area contributed by atoms with E-state index in [1.54, 1.807) is 19.9 Å². The fourth-order valence-corrected chi connectivity index (χ4v) is 19.7. The van der Waals surface area contributed by atoms with E-state index >= 15 is 4.79 Å². The van der Waals surface area contributed by atoms with Crippen LogP contribution in [0.15, 0.2) is 11.6 Å². The first-order valence-electron chi connectivity index (χ1n) is 30.8. The number of hydrogen-bond donors (Lipinski definition) is 7. The van der Waals surface area contributed by atoms with Crippen LogP contribution in [0.4, 0.5) is 0 Å². The predicted octanol–water partition coefficient (Wildman–Crippen LogP) is 4.84. The molecule has 4 saturated carbocycles. The lowest BCUT2D eigenvalue weighted by Crippen LogP contribution is -2.68. The van der Waals surface area contributed by atoms with Crippen LogP contribution in [0.25, 0.3) is 0 Å². The Bertz CT molecular complexity index is 3640. The molecule has 7 N–H and O–H groups in total. The minimum atomic E-state index is -6.20. The van der Waals surface area contributed by atoms with E-state index in [2.05, 4.69) is 48.6 Å². The first kappa shape index (κ1) is 80.1. The maximum absolute atomic E-state index is 15.4. The Morgan fingerprint density at radius 2 is 0.958 bits per heavy atom. The summed E-state index contributed by atoms with van der Waals surface area (Å²) < 4.78 is 303. The Kier molecular flexibility index (Phi) is 24.7. The van der Waals surface area contributed by atoms with Crippen LogP contribution in [0.5, 0.6) is 0 Å². The third kappa shape index (κ3) is 19.5. The van der Waals surface area contributed by atoms with Crippen molar-refractivity contribution in [3.63, 3.8) is 0 Å². The van der Waals surface area contributed by atoms with Crippen LogP contribution in [0, 0.1) is 50.2 Å². The van der Waals surface area contributed by atoms with Gasteiger partial charge < -0.3 is 23.7 Å². The second-order valence-corrected chi connectivity index (χ2v) is 35.2. The summed E-state index contributed by atoms with van der Waals surface area (Å²) in [6.45, 7) is 12.8. The summed E-state index contributed by atoms with van der Waals surface area (Å²) in [5.41, 5.74) is -3.37. The number of carbonyl (C=O) groups is 2. The maximum atomic E-state index is 15.4. The van der Waals surface area contributed by atoms with Crippen LogP contribution in [0.2, 0.25) is 0 Å². The number of carbonyl (C=O) groups excluding carboxylic acids is 2. The van der Waals surface area contributed by atoms with Gasteiger partial charge in [0, 0.05) is 5.92 Å². The molecule has 6 fully saturated rings. The normalized spacial score (nSPS) is 38.0. The molecule has 7 rings (SSSR count). The van der Waals surface area contributed by atoms with Crippen molar-refractivity contribution in [3.8, 4) is 0 Å². The summed E-state index contributed by atoms with van der Waals surface area (Å²) in [6, 6.07) is 0. The highest BCUT2D eigenvalue weighted by Crippen LogP contribution is 2.75. The van der Waals surface area contributed by atoms with Gasteiger partial charge in [-0.25, -0.2) is 29.3 Å². The van der Waals surface area contributed by atoms with E-state index in [1.807, 2.05) is 13.8 Å². The lowest BCUT2D eigenvalue weighted by atomic mass is 9.33. The van der Waals surface area contributed by atoms with Crippen molar-refractivity contribution in [2.75, 3.05) is 19.8 Å². The second-order valence-electron chi connectivity index (χ2n) is 27.8. The Morgan fingerprint density at radius 1 is 0.516 bits per heavy atom. The zero-order chi connectivity index (χ0) is 71.4. The number of ketones is 1. The summed E-state index contributed by atoms with van der Waals surface area (Å²) in [6.07, 6.45) is -15.1. The lowest BCUT2D eigenvalue weighted by molar-refractivity contribution is -0.358. The van der Waals surface area contributed by atoms with Crippen LogP contribution in [-0.4, -0.2) is 190 Å². The van der Waals surface area contributed by atoms with E-state index in [9.17, 15) is 95.6 Å². The Morgan fingerprint density at radius 3 is 1.45 bits per heavy atom. The monoisotopic (exact) mass is 1510 g/mol. The molecular formula is C53H88O35S7. The summed E-state index contributed by atoms with van der Waals surface area (Å²) in [5.74, 6) is -1.69. The van der Waals surface area contributed by atoms with Crippen molar-refractivity contribution >= 4 is 84.5 Å². The highest BCUT2D eigenvalue weighted by atomic mass is 32.3. The van der Waals surface area contributed by atoms with Gasteiger partial charge in [-0.2, -0.15) is 58.9 Å². The van der Waals surface area contributed by atoms with Crippen LogP contribution >= 0.6 is 0 Å². The fraction of sp³-hybridized carbons (Fsp3) is 0.925. The van der Waals surface area contributed by atoms with Crippen molar-refractivity contribution in [1.29, 1.82) is 0 Å². The molecule has 19 atom stereocenters. The molecule has 42 heteroatoms. The zero-order valence-electron chi connectivity index (χ0n) is 53.4. The molecule has 0 unspecified atom stereocenters. The molecular weight excluding hydrogens is 1420 g/mol. The average Bonchev–Trinajstić information content (AvgIpc) is 0.674. The molecule has 0 bridgehead atoms. The molecule has 95 heavy (non-hydrogen) atoms. The number of unbranched alkanes of at least 4 members (excludes halogenated alkanes) is 8. The van der Waals surface area contributed by atoms with E-state index in [4.69, 9.17) is 32.1 Å². The number of allylic oxidation sites excluding steroid dienone is 2. The minimum Gasteiger partial charge on any atom is -0.465 e. The standard InChI is InChI=1S/C53H88O35S7/c1-9-10-11-12-13-14-15-16-17-26-77-47(55)50(5)23-22-49(4)24-25-52(7)31(32(49)28-50)27-33(54)44-51(6)20-19-37(48(2,3)36(51)18-21-53(44,52)8)82-45-42(87-94(71,72)73)40(85-92(65,66)67)38(34(80-45)29-78-89(56,57)58)83-46-43(88-95(74,75)76)41(86-93(68,69)70)39(84-91(62,63)64)35(81-46)30-79-90(59,60)61/h27,32,34-46H,9-26,28-30H2,1-8H3,(H,56,57,58)(H,59,60,61)(H,62,63,64)(H,65,66,67)(H,68,69,70)(H,71,72,73)(H,74,75,76)/t32-,34+,35+,36-,37-,38+,39-,40-,41-,42+,43+,44+,45-,46-,49+,50-,51-,52+,53+/m0/s1. The number of rotatable bonds is 31. The molecule has 35 nitrogen and oxygen atoms in total. The molecule has 2 saturated heterocycles. The van der Waals surface area contributed by atoms with E-state index in [-0.39, 0.29) is 35.9 Å². The quantitative estimate of drug-likeness (QED) is 0.0211. The van der Waals surface area contributed by atoms with Gasteiger partial charge in [-0.3, -0.25) is 41.5 Å². The molecule has 2 aliphatic heterocycles. The number of fused-ring (bicyclic) bond motifs is 7. The molecule has 0 amide bonds. The van der Waals surface area contributed by atoms with Crippen LogP contribution in [0.3, 0.4) is 0 Å². The molecule has 7 aliphatic rings. The molecule has 5 aliphatic carbocycles. The Labute approximate surface area is 555 Å². The smallest absolute Gasteiger partial charge is 0.397 e. The maximum Gasteiger partial charge on any atom is 0.397 e. The zero-order valence-corrected chi connectivity index (χ0v) is 59.1. The van der Waals surface area contributed by atoms with Crippen molar-refractivity contribution in [3.05, 3.63) is 11.6 Å². The Balaban J connectivity index is 1.22. The number of ether oxygens (including phenoxy) is 5. The van der Waals surface area contributed by atoms with Crippen LogP contribution in [-0.2, 0) is 135 Å². The van der Waals surface area contributed by atoms with Gasteiger partial charge in [0.15, 0.2) is 30.6 Å². The van der Waals surface area contributed by atoms with Crippen molar-refractivity contribution < 1.29 is 153 Å². The molecule has 0 radical (unpaired) electrons. The third-order valence-corrected chi connectivity index (χ3v) is 24.4. The summed E-state index contributed by atoms with van der Waals surface area (Å²) >= 11 is 0. The van der Waals surface area contributed by atoms with Crippen molar-refractivity contribution in [2.24, 2.45) is 50.2 Å². The van der Waals surface area contributed by atoms with E-state index in [0.717, 1.165) is 50.5 Å². The van der Waals surface area contributed by atoms with Gasteiger partial charge in [0.05, 0.1) is 31.3 Å². The number of hydrogen-bond acceptors (Lipinski definition) is 28. The van der Waals surface area contributed by atoms with E-state index in [1.165, 1.54) is 32.1 Å². The minimum absolute atomic E-state index is 0.0682. The summed E-state index contributed by atoms with van der Waals surface area (Å²) in [7, 11) is -42.0. The molecule has 552 valence electrons. The molecule has 0 aromatic rings. The Hall–Kier alpha value is -2.19. The molecule has 0 aromatic carbocycles. The first-order valence-corrected chi connectivity index (χ1v) is 40.4. The summed E-state index contributed by atoms with van der Waals surface area (Å²) in [4.78, 5) is 29.5. The SMILES string of the molecule is CCCCCCCCCCCOC(=O)[C@@]1(C)CC[C@]2(C)CC[C@]3(C)C(=CC(=O)[C@@H]4[C@@]5(C)CC[C@H](O[C@@H]6O[C@H](COS(=O)(=O)O)[C@@H](O[C@@H]7O[C@H](COS(=O)(=O)O)[C@H](OS(=O)(=O)O)[C@H](OS(=O)(=O)O)[C@H]7OS(=O)(=O)O)[C@H](OS(=O)(=O)O)[C@H]6OS(=O)(=O)O)C(C)(C)[C@@H]5CC[C@]43C)[C@@H]2C1. The first-order chi connectivity index (χ1) is 43.3. The largest absolute Gasteiger partial charge is 0.465 e. The van der Waals surface area contributed by atoms with Crippen LogP contribution in [0.1, 0.15) is 171 Å². The number of esters is 1. The second kappa shape index (κ2) is 29.3. The van der Waals surface area contributed by atoms with Crippen LogP contribution < -0.4 is 0 Å². The highest BCUT2D eigenvalue weighted by Gasteiger charge is 2.71. The fourth-order valence-electron chi connectivity index (χ4n) is 16.6. The predicted molar refractivity (Wildman–Crippen MR) is 322 cm³/mol. The van der Waals surface area contributed by atoms with Crippen molar-refractivity contribution in [1.82, 2.24) is 0 Å². The van der Waals surface area contributed by atoms with Gasteiger partial charge >= 0.3 is 78.8 Å². The van der Waals surface area contributed by atoms with Gasteiger partial charge in [0.25, 0.3) is 0 Å². The van der Waals surface area contributed by atoms with Gasteiger partial charge in [0.2, 0.25) is 0 Å². The van der Waals surface area contributed by atoms with Gasteiger partial charge in [-0.1, -0.05) is 105 Å². The molecule has 0 aromatic heterocycles. The van der Waals surface area contributed by atoms with Gasteiger partial charge in [0.1, 0.15) is 36.6 Å². The topological polar surface area (TPSA) is 525 Å². The van der Waals surface area contributed by atoms with Gasteiger partial charge in [-0.15, -0.1) is 0 Å². The van der Waals surface area contributed by atoms with Gasteiger partial charge in [-0.05, 0) is 116 Å². The average molecular weight is 1510 g/mol. The molecule has 0 spiro atoms. The molecule has 2 heterocycles.